The van der Waals surface area contributed by atoms with Gasteiger partial charge in [-0.25, -0.2) is 4.79 Å². The van der Waals surface area contributed by atoms with Crippen LogP contribution in [0.25, 0.3) is 10.9 Å². The van der Waals surface area contributed by atoms with Crippen molar-refractivity contribution in [2.45, 2.75) is 20.8 Å². The summed E-state index contributed by atoms with van der Waals surface area (Å²) in [4.78, 5) is 13.9. The molecule has 0 unspecified atom stereocenters. The molecule has 0 aliphatic heterocycles. The van der Waals surface area contributed by atoms with Gasteiger partial charge >= 0.3 is 5.97 Å². The summed E-state index contributed by atoms with van der Waals surface area (Å²) < 4.78 is 0. The van der Waals surface area contributed by atoms with Gasteiger partial charge in [-0.15, -0.1) is 0 Å². The Morgan fingerprint density at radius 2 is 1.87 bits per heavy atom. The molecule has 0 amide bonds. The number of benzene rings is 1. The number of H-pyrrole nitrogens is 1. The molecule has 2 aromatic rings. The Kier molecular flexibility index (Phi) is 2.03. The van der Waals surface area contributed by atoms with Gasteiger partial charge in [0.25, 0.3) is 0 Å². The minimum Gasteiger partial charge on any atom is -0.477 e. The first kappa shape index (κ1) is 9.77. The monoisotopic (exact) mass is 203 g/mol. The number of carboxylic acids is 1. The zero-order chi connectivity index (χ0) is 11.2. The minimum atomic E-state index is -0.902. The predicted octanol–water partition coefficient (Wildman–Crippen LogP) is 2.79. The Balaban J connectivity index is 2.88. The Bertz CT molecular complexity index is 552. The highest BCUT2D eigenvalue weighted by atomic mass is 16.4. The van der Waals surface area contributed by atoms with Gasteiger partial charge < -0.3 is 10.1 Å². The van der Waals surface area contributed by atoms with Crippen LogP contribution < -0.4 is 0 Å². The second kappa shape index (κ2) is 3.12. The van der Waals surface area contributed by atoms with E-state index >= 15 is 0 Å². The number of hydrogen-bond donors (Lipinski definition) is 2. The molecule has 0 saturated heterocycles. The molecule has 1 heterocycles. The van der Waals surface area contributed by atoms with E-state index in [1.807, 2.05) is 32.9 Å². The lowest BCUT2D eigenvalue weighted by molar-refractivity contribution is 0.0691. The lowest BCUT2D eigenvalue weighted by Crippen LogP contribution is -1.98. The normalized spacial score (nSPS) is 10.9. The summed E-state index contributed by atoms with van der Waals surface area (Å²) in [6.45, 7) is 5.85. The van der Waals surface area contributed by atoms with Crippen LogP contribution in [0.3, 0.4) is 0 Å². The lowest BCUT2D eigenvalue weighted by atomic mass is 10.0. The van der Waals surface area contributed by atoms with Gasteiger partial charge in [0.1, 0.15) is 5.69 Å². The average Bonchev–Trinajstić information content (AvgIpc) is 2.51. The zero-order valence-corrected chi connectivity index (χ0v) is 9.01. The van der Waals surface area contributed by atoms with Crippen LogP contribution in [0.15, 0.2) is 12.1 Å². The van der Waals surface area contributed by atoms with E-state index in [2.05, 4.69) is 4.98 Å². The van der Waals surface area contributed by atoms with Gasteiger partial charge in [-0.3, -0.25) is 0 Å². The van der Waals surface area contributed by atoms with Gasteiger partial charge in [0.15, 0.2) is 0 Å². The average molecular weight is 203 g/mol. The minimum absolute atomic E-state index is 0.290. The number of hydrogen-bond acceptors (Lipinski definition) is 1. The number of aryl methyl sites for hydroxylation is 3. The molecule has 0 atom stereocenters. The highest BCUT2D eigenvalue weighted by Crippen LogP contribution is 2.26. The van der Waals surface area contributed by atoms with Crippen molar-refractivity contribution >= 4 is 16.9 Å². The molecule has 0 aliphatic carbocycles. The van der Waals surface area contributed by atoms with Gasteiger partial charge in [0, 0.05) is 10.9 Å². The van der Waals surface area contributed by atoms with Crippen molar-refractivity contribution in [2.24, 2.45) is 0 Å². The van der Waals surface area contributed by atoms with E-state index in [1.54, 1.807) is 0 Å². The first-order valence-corrected chi connectivity index (χ1v) is 4.84. The molecule has 2 N–H and O–H groups in total. The van der Waals surface area contributed by atoms with Crippen molar-refractivity contribution in [1.29, 1.82) is 0 Å². The van der Waals surface area contributed by atoms with E-state index in [-0.39, 0.29) is 0 Å². The van der Waals surface area contributed by atoms with Crippen LogP contribution in [-0.4, -0.2) is 16.1 Å². The molecule has 0 fully saturated rings. The predicted molar refractivity (Wildman–Crippen MR) is 59.5 cm³/mol. The maximum absolute atomic E-state index is 11.0. The Labute approximate surface area is 87.7 Å². The second-order valence-corrected chi connectivity index (χ2v) is 3.86. The van der Waals surface area contributed by atoms with Gasteiger partial charge in [-0.05, 0) is 37.5 Å². The smallest absolute Gasteiger partial charge is 0.352 e. The Hall–Kier alpha value is -1.77. The van der Waals surface area contributed by atoms with E-state index < -0.39 is 5.97 Å². The molecule has 78 valence electrons. The maximum Gasteiger partial charge on any atom is 0.352 e. The molecule has 3 nitrogen and oxygen atoms in total. The Morgan fingerprint density at radius 3 is 2.47 bits per heavy atom. The standard InChI is InChI=1S/C12H13NO2/c1-6-4-5-9-8(3)11(12(14)15)13-10(9)7(6)2/h4-5,13H,1-3H3,(H,14,15). The highest BCUT2D eigenvalue weighted by Gasteiger charge is 2.14. The second-order valence-electron chi connectivity index (χ2n) is 3.86. The van der Waals surface area contributed by atoms with Gasteiger partial charge in [-0.2, -0.15) is 0 Å². The topological polar surface area (TPSA) is 53.1 Å². The van der Waals surface area contributed by atoms with E-state index in [4.69, 9.17) is 5.11 Å². The highest BCUT2D eigenvalue weighted by molar-refractivity contribution is 5.98. The third-order valence-electron chi connectivity index (χ3n) is 2.98. The van der Waals surface area contributed by atoms with E-state index in [0.717, 1.165) is 22.0 Å². The van der Waals surface area contributed by atoms with Crippen LogP contribution >= 0.6 is 0 Å². The van der Waals surface area contributed by atoms with Gasteiger partial charge in [0.2, 0.25) is 0 Å². The molecule has 1 aromatic carbocycles. The molecule has 0 saturated carbocycles. The summed E-state index contributed by atoms with van der Waals surface area (Å²) in [5, 5.41) is 9.99. The summed E-state index contributed by atoms with van der Waals surface area (Å²) in [6.07, 6.45) is 0. The first-order chi connectivity index (χ1) is 7.02. The number of aromatic amines is 1. The van der Waals surface area contributed by atoms with E-state index in [1.165, 1.54) is 5.56 Å². The molecule has 2 rings (SSSR count). The zero-order valence-electron chi connectivity index (χ0n) is 9.01. The fourth-order valence-corrected chi connectivity index (χ4v) is 1.86. The molecule has 0 bridgehead atoms. The molecule has 0 spiro atoms. The third-order valence-corrected chi connectivity index (χ3v) is 2.98. The van der Waals surface area contributed by atoms with Crippen molar-refractivity contribution in [3.63, 3.8) is 0 Å². The van der Waals surface area contributed by atoms with Crippen molar-refractivity contribution in [2.75, 3.05) is 0 Å². The van der Waals surface area contributed by atoms with Gasteiger partial charge in [0.05, 0.1) is 0 Å². The molecule has 0 radical (unpaired) electrons. The van der Waals surface area contributed by atoms with Crippen molar-refractivity contribution in [1.82, 2.24) is 4.98 Å². The fourth-order valence-electron chi connectivity index (χ4n) is 1.86. The van der Waals surface area contributed by atoms with Crippen LogP contribution in [0.2, 0.25) is 0 Å². The molecular weight excluding hydrogens is 190 g/mol. The van der Waals surface area contributed by atoms with E-state index in [0.29, 0.717) is 5.69 Å². The third kappa shape index (κ3) is 1.31. The summed E-state index contributed by atoms with van der Waals surface area (Å²) in [7, 11) is 0. The van der Waals surface area contributed by atoms with Crippen LogP contribution in [0.5, 0.6) is 0 Å². The molecular formula is C12H13NO2. The van der Waals surface area contributed by atoms with Crippen LogP contribution in [-0.2, 0) is 0 Å². The van der Waals surface area contributed by atoms with Crippen molar-refractivity contribution in [3.8, 4) is 0 Å². The largest absolute Gasteiger partial charge is 0.477 e. The number of carboxylic acid groups (broad SMARTS) is 1. The summed E-state index contributed by atoms with van der Waals surface area (Å²) in [5.74, 6) is -0.902. The number of aromatic carboxylic acids is 1. The number of rotatable bonds is 1. The molecule has 0 aliphatic rings. The van der Waals surface area contributed by atoms with Crippen LogP contribution in [0.4, 0.5) is 0 Å². The lowest BCUT2D eigenvalue weighted by Gasteiger charge is -2.00. The fraction of sp³-hybridized carbons (Fsp3) is 0.250. The number of aromatic nitrogens is 1. The number of fused-ring (bicyclic) bond motifs is 1. The van der Waals surface area contributed by atoms with Crippen LogP contribution in [0, 0.1) is 20.8 Å². The maximum atomic E-state index is 11.0. The number of nitrogens with one attached hydrogen (secondary N) is 1. The van der Waals surface area contributed by atoms with Crippen molar-refractivity contribution in [3.05, 3.63) is 34.5 Å². The quantitative estimate of drug-likeness (QED) is 0.748. The van der Waals surface area contributed by atoms with Gasteiger partial charge in [-0.1, -0.05) is 12.1 Å². The van der Waals surface area contributed by atoms with Crippen LogP contribution in [0.1, 0.15) is 27.2 Å². The first-order valence-electron chi connectivity index (χ1n) is 4.84. The SMILES string of the molecule is Cc1ccc2c(C)c(C(=O)O)[nH]c2c1C. The van der Waals surface area contributed by atoms with Crippen molar-refractivity contribution < 1.29 is 9.90 Å². The summed E-state index contributed by atoms with van der Waals surface area (Å²) in [5.41, 5.74) is 4.31. The van der Waals surface area contributed by atoms with E-state index in [9.17, 15) is 4.79 Å². The number of carbonyl (C=O) groups is 1. The summed E-state index contributed by atoms with van der Waals surface area (Å²) >= 11 is 0. The Morgan fingerprint density at radius 1 is 1.20 bits per heavy atom. The molecule has 15 heavy (non-hydrogen) atoms. The summed E-state index contributed by atoms with van der Waals surface area (Å²) in [6, 6.07) is 3.99. The molecule has 1 aromatic heterocycles. The molecule has 3 heteroatoms.